The molecular formula is C23H30N6O6S. The molecule has 0 radical (unpaired) electrons. The van der Waals surface area contributed by atoms with Crippen LogP contribution in [0, 0.1) is 6.92 Å². The number of sulfonamides is 1. The molecule has 3 atom stereocenters. The van der Waals surface area contributed by atoms with E-state index in [0.29, 0.717) is 36.2 Å². The molecule has 3 heterocycles. The van der Waals surface area contributed by atoms with E-state index >= 15 is 0 Å². The van der Waals surface area contributed by atoms with Crippen molar-refractivity contribution < 1.29 is 27.7 Å². The fraction of sp³-hybridized carbons (Fsp3) is 0.478. The quantitative estimate of drug-likeness (QED) is 0.431. The molecule has 194 valence electrons. The van der Waals surface area contributed by atoms with Gasteiger partial charge in [-0.15, -0.1) is 10.2 Å². The summed E-state index contributed by atoms with van der Waals surface area (Å²) in [5.74, 6) is 1.20. The van der Waals surface area contributed by atoms with Crippen molar-refractivity contribution in [2.24, 2.45) is 0 Å². The second-order valence-electron chi connectivity index (χ2n) is 8.56. The van der Waals surface area contributed by atoms with E-state index in [2.05, 4.69) is 24.9 Å². The van der Waals surface area contributed by atoms with E-state index in [0.717, 1.165) is 18.4 Å². The summed E-state index contributed by atoms with van der Waals surface area (Å²) in [5.41, 5.74) is 1.23. The first-order valence-electron chi connectivity index (χ1n) is 11.5. The molecule has 1 saturated heterocycles. The highest BCUT2D eigenvalue weighted by Crippen LogP contribution is 2.38. The minimum absolute atomic E-state index is 0.00591. The van der Waals surface area contributed by atoms with Crippen molar-refractivity contribution in [2.75, 3.05) is 32.2 Å². The summed E-state index contributed by atoms with van der Waals surface area (Å²) in [5, 5.41) is 17.9. The average Bonchev–Trinajstić information content (AvgIpc) is 3.30. The van der Waals surface area contributed by atoms with Crippen LogP contribution in [-0.2, 0) is 14.8 Å². The van der Waals surface area contributed by atoms with E-state index in [1.54, 1.807) is 29.7 Å². The van der Waals surface area contributed by atoms with Crippen molar-refractivity contribution in [2.45, 2.75) is 44.0 Å². The van der Waals surface area contributed by atoms with Gasteiger partial charge in [0.1, 0.15) is 34.4 Å². The zero-order chi connectivity index (χ0) is 25.9. The van der Waals surface area contributed by atoms with E-state index in [9.17, 15) is 13.5 Å². The van der Waals surface area contributed by atoms with Gasteiger partial charge in [-0.25, -0.2) is 18.4 Å². The van der Waals surface area contributed by atoms with Gasteiger partial charge in [0, 0.05) is 24.9 Å². The SMILES string of the molecule is COc1cccc(OC)c1-n1c(NS(=O)(=O)[C@@H](C)[C@H](O)c2ncc(C)cn2)nnc1[C@H]1CCCOC1. The van der Waals surface area contributed by atoms with Crippen LogP contribution in [0.1, 0.15) is 49.0 Å². The lowest BCUT2D eigenvalue weighted by molar-refractivity contribution is 0.0775. The maximum Gasteiger partial charge on any atom is 0.243 e. The van der Waals surface area contributed by atoms with Crippen molar-refractivity contribution in [3.8, 4) is 17.2 Å². The van der Waals surface area contributed by atoms with E-state index in [1.165, 1.54) is 33.5 Å². The predicted octanol–water partition coefficient (Wildman–Crippen LogP) is 2.14. The normalized spacial score (nSPS) is 17.9. The fourth-order valence-electron chi connectivity index (χ4n) is 4.00. The lowest BCUT2D eigenvalue weighted by Gasteiger charge is -2.24. The minimum Gasteiger partial charge on any atom is -0.494 e. The van der Waals surface area contributed by atoms with E-state index in [1.807, 2.05) is 0 Å². The maximum atomic E-state index is 13.4. The molecule has 0 saturated carbocycles. The summed E-state index contributed by atoms with van der Waals surface area (Å²) in [4.78, 5) is 8.12. The van der Waals surface area contributed by atoms with Gasteiger partial charge in [-0.05, 0) is 44.4 Å². The molecule has 1 fully saturated rings. The molecule has 0 amide bonds. The molecule has 0 aliphatic carbocycles. The highest BCUT2D eigenvalue weighted by Gasteiger charge is 2.34. The van der Waals surface area contributed by atoms with Crippen molar-refractivity contribution in [3.05, 3.63) is 47.8 Å². The zero-order valence-corrected chi connectivity index (χ0v) is 21.4. The van der Waals surface area contributed by atoms with Crippen molar-refractivity contribution in [3.63, 3.8) is 0 Å². The first kappa shape index (κ1) is 25.8. The Morgan fingerprint density at radius 2 is 1.83 bits per heavy atom. The van der Waals surface area contributed by atoms with E-state index in [4.69, 9.17) is 14.2 Å². The molecule has 0 unspecified atom stereocenters. The number of rotatable bonds is 9. The van der Waals surface area contributed by atoms with Gasteiger partial charge in [0.2, 0.25) is 16.0 Å². The predicted molar refractivity (Wildman–Crippen MR) is 131 cm³/mol. The molecule has 13 heteroatoms. The van der Waals surface area contributed by atoms with Crippen LogP contribution in [0.5, 0.6) is 11.5 Å². The minimum atomic E-state index is -4.17. The lowest BCUT2D eigenvalue weighted by atomic mass is 10.0. The van der Waals surface area contributed by atoms with E-state index < -0.39 is 21.4 Å². The number of anilines is 1. The molecule has 2 N–H and O–H groups in total. The Bertz CT molecular complexity index is 1270. The van der Waals surface area contributed by atoms with Crippen LogP contribution in [0.15, 0.2) is 30.6 Å². The topological polar surface area (TPSA) is 151 Å². The van der Waals surface area contributed by atoms with Gasteiger partial charge in [-0.2, -0.15) is 0 Å². The molecule has 0 bridgehead atoms. The van der Waals surface area contributed by atoms with E-state index in [-0.39, 0.29) is 17.7 Å². The number of para-hydroxylation sites is 1. The number of benzene rings is 1. The Hall–Kier alpha value is -3.29. The van der Waals surface area contributed by atoms with Crippen molar-refractivity contribution in [1.29, 1.82) is 0 Å². The average molecular weight is 519 g/mol. The Morgan fingerprint density at radius 1 is 1.17 bits per heavy atom. The summed E-state index contributed by atoms with van der Waals surface area (Å²) in [6.07, 6.45) is 3.19. The highest BCUT2D eigenvalue weighted by atomic mass is 32.2. The van der Waals surface area contributed by atoms with Crippen LogP contribution in [0.25, 0.3) is 5.69 Å². The van der Waals surface area contributed by atoms with Crippen LogP contribution in [0.2, 0.25) is 0 Å². The van der Waals surface area contributed by atoms with Gasteiger partial charge in [-0.1, -0.05) is 6.07 Å². The zero-order valence-electron chi connectivity index (χ0n) is 20.6. The summed E-state index contributed by atoms with van der Waals surface area (Å²) in [6, 6.07) is 5.23. The van der Waals surface area contributed by atoms with Crippen molar-refractivity contribution >= 4 is 16.0 Å². The Morgan fingerprint density at radius 3 is 2.42 bits per heavy atom. The van der Waals surface area contributed by atoms with Gasteiger partial charge in [0.25, 0.3) is 0 Å². The largest absolute Gasteiger partial charge is 0.494 e. The van der Waals surface area contributed by atoms with Gasteiger partial charge in [-0.3, -0.25) is 9.29 Å². The smallest absolute Gasteiger partial charge is 0.243 e. The van der Waals surface area contributed by atoms with Crippen LogP contribution in [-0.4, -0.2) is 70.9 Å². The summed E-state index contributed by atoms with van der Waals surface area (Å²) in [6.45, 7) is 4.24. The second kappa shape index (κ2) is 10.8. The number of hydrogen-bond donors (Lipinski definition) is 2. The molecule has 3 aromatic rings. The van der Waals surface area contributed by atoms with Gasteiger partial charge in [0.05, 0.1) is 20.8 Å². The van der Waals surface area contributed by atoms with Crippen LogP contribution in [0.3, 0.4) is 0 Å². The summed E-state index contributed by atoms with van der Waals surface area (Å²) in [7, 11) is -1.15. The number of nitrogens with one attached hydrogen (secondary N) is 1. The number of ether oxygens (including phenoxy) is 3. The molecule has 4 rings (SSSR count). The number of aryl methyl sites for hydroxylation is 1. The number of methoxy groups -OCH3 is 2. The first-order valence-corrected chi connectivity index (χ1v) is 13.0. The fourth-order valence-corrected chi connectivity index (χ4v) is 5.03. The number of aromatic nitrogens is 5. The second-order valence-corrected chi connectivity index (χ2v) is 10.6. The van der Waals surface area contributed by atoms with Gasteiger partial charge in [0.15, 0.2) is 5.82 Å². The number of aliphatic hydroxyl groups is 1. The summed E-state index contributed by atoms with van der Waals surface area (Å²) < 4.78 is 47.6. The van der Waals surface area contributed by atoms with Gasteiger partial charge >= 0.3 is 0 Å². The molecule has 1 aliphatic rings. The maximum absolute atomic E-state index is 13.4. The molecule has 1 aromatic carbocycles. The monoisotopic (exact) mass is 518 g/mol. The molecule has 36 heavy (non-hydrogen) atoms. The molecule has 1 aliphatic heterocycles. The number of aliphatic hydroxyl groups excluding tert-OH is 1. The van der Waals surface area contributed by atoms with Gasteiger partial charge < -0.3 is 19.3 Å². The summed E-state index contributed by atoms with van der Waals surface area (Å²) >= 11 is 0. The molecule has 2 aromatic heterocycles. The Kier molecular flexibility index (Phi) is 7.71. The number of hydrogen-bond acceptors (Lipinski definition) is 10. The molecule has 12 nitrogen and oxygen atoms in total. The number of nitrogens with zero attached hydrogens (tertiary/aromatic N) is 5. The third kappa shape index (κ3) is 5.13. The van der Waals surface area contributed by atoms with Crippen molar-refractivity contribution in [1.82, 2.24) is 24.7 Å². The highest BCUT2D eigenvalue weighted by molar-refractivity contribution is 7.93. The van der Waals surface area contributed by atoms with Crippen LogP contribution >= 0.6 is 0 Å². The molecular weight excluding hydrogens is 488 g/mol. The Balaban J connectivity index is 1.77. The lowest BCUT2D eigenvalue weighted by Crippen LogP contribution is -2.32. The first-order chi connectivity index (χ1) is 17.3. The third-order valence-electron chi connectivity index (χ3n) is 6.07. The van der Waals surface area contributed by atoms with Crippen LogP contribution in [0.4, 0.5) is 5.95 Å². The molecule has 0 spiro atoms. The standard InChI is InChI=1S/C23H30N6O6S/c1-14-11-24-21(25-12-14)20(30)15(2)36(31,32)28-23-27-26-22(16-7-6-10-35-13-16)29(23)19-17(33-3)8-5-9-18(19)34-4/h5,8-9,11-12,15-16,20,30H,6-7,10,13H2,1-4H3,(H,27,28)/t15-,16-,20-/m0/s1. The Labute approximate surface area is 209 Å². The van der Waals surface area contributed by atoms with Crippen LogP contribution < -0.4 is 14.2 Å². The third-order valence-corrected chi connectivity index (χ3v) is 7.78.